The van der Waals surface area contributed by atoms with Crippen LogP contribution in [0.25, 0.3) is 16.9 Å². The molecule has 0 fully saturated rings. The van der Waals surface area contributed by atoms with E-state index in [9.17, 15) is 4.79 Å². The van der Waals surface area contributed by atoms with E-state index in [1.165, 1.54) is 11.1 Å². The van der Waals surface area contributed by atoms with Gasteiger partial charge in [0.15, 0.2) is 0 Å². The monoisotopic (exact) mass is 449 g/mol. The molecule has 5 rings (SSSR count). The Kier molecular flexibility index (Phi) is 6.06. The molecule has 0 aliphatic carbocycles. The predicted molar refractivity (Wildman–Crippen MR) is 137 cm³/mol. The lowest BCUT2D eigenvalue weighted by atomic mass is 9.85. The Morgan fingerprint density at radius 2 is 1.59 bits per heavy atom. The highest BCUT2D eigenvalue weighted by molar-refractivity contribution is 6.01. The molecule has 4 heteroatoms. The molecular weight excluding hydrogens is 418 g/mol. The van der Waals surface area contributed by atoms with Crippen LogP contribution >= 0.6 is 0 Å². The topological polar surface area (TPSA) is 38.1 Å². The van der Waals surface area contributed by atoms with Crippen LogP contribution < -0.4 is 0 Å². The van der Waals surface area contributed by atoms with Gasteiger partial charge in [0.05, 0.1) is 23.0 Å². The number of rotatable bonds is 5. The number of carbonyl (C=O) groups excluding carboxylic acids is 1. The molecule has 0 bridgehead atoms. The summed E-state index contributed by atoms with van der Waals surface area (Å²) in [6.45, 7) is 7.23. The average molecular weight is 450 g/mol. The number of para-hydroxylation sites is 1. The van der Waals surface area contributed by atoms with Crippen LogP contribution in [0.3, 0.4) is 0 Å². The molecule has 0 saturated carbocycles. The predicted octanol–water partition coefficient (Wildman–Crippen LogP) is 6.50. The Morgan fingerprint density at radius 1 is 0.941 bits per heavy atom. The zero-order valence-corrected chi connectivity index (χ0v) is 20.1. The fourth-order valence-electron chi connectivity index (χ4n) is 5.27. The second-order valence-corrected chi connectivity index (χ2v) is 9.27. The molecule has 0 spiro atoms. The molecule has 1 unspecified atom stereocenters. The molecule has 1 aliphatic heterocycles. The summed E-state index contributed by atoms with van der Waals surface area (Å²) in [5.74, 6) is 0.380. The van der Waals surface area contributed by atoms with Crippen LogP contribution in [-0.2, 0) is 12.8 Å². The molecule has 1 aliphatic rings. The molecule has 3 aromatic carbocycles. The van der Waals surface area contributed by atoms with Gasteiger partial charge in [-0.15, -0.1) is 0 Å². The van der Waals surface area contributed by atoms with E-state index in [0.717, 1.165) is 34.6 Å². The molecule has 4 aromatic rings. The van der Waals surface area contributed by atoms with Gasteiger partial charge in [-0.2, -0.15) is 5.10 Å². The second-order valence-electron chi connectivity index (χ2n) is 9.27. The number of carbonyl (C=O) groups is 1. The zero-order valence-electron chi connectivity index (χ0n) is 20.1. The van der Waals surface area contributed by atoms with Crippen molar-refractivity contribution in [3.05, 3.63) is 107 Å². The maximum absolute atomic E-state index is 14.4. The number of hydrogen-bond donors (Lipinski definition) is 0. The lowest BCUT2D eigenvalue weighted by Crippen LogP contribution is -2.42. The van der Waals surface area contributed by atoms with Crippen LogP contribution in [-0.4, -0.2) is 27.1 Å². The van der Waals surface area contributed by atoms with Crippen LogP contribution in [0.5, 0.6) is 0 Å². The molecule has 34 heavy (non-hydrogen) atoms. The summed E-state index contributed by atoms with van der Waals surface area (Å²) in [6, 6.07) is 28.8. The molecule has 0 saturated heterocycles. The van der Waals surface area contributed by atoms with E-state index in [1.807, 2.05) is 65.3 Å². The van der Waals surface area contributed by atoms with Gasteiger partial charge in [-0.25, -0.2) is 4.68 Å². The summed E-state index contributed by atoms with van der Waals surface area (Å²) in [7, 11) is 0. The molecule has 1 amide bonds. The maximum Gasteiger partial charge on any atom is 0.258 e. The van der Waals surface area contributed by atoms with E-state index in [-0.39, 0.29) is 11.9 Å². The summed E-state index contributed by atoms with van der Waals surface area (Å²) in [5, 5.41) is 5.02. The normalized spacial score (nSPS) is 15.4. The van der Waals surface area contributed by atoms with Crippen molar-refractivity contribution < 1.29 is 4.79 Å². The standard InChI is InChI=1S/C30H31N3O/c1-4-26-27(30(34)32-20-19-22-13-11-12-18-25(22)29(32)21(2)3)28(23-14-7-5-8-15-23)31-33(26)24-16-9-6-10-17-24/h5-18,21,29H,4,19-20H2,1-3H3. The largest absolute Gasteiger partial charge is 0.331 e. The maximum atomic E-state index is 14.4. The van der Waals surface area contributed by atoms with Crippen molar-refractivity contribution in [2.75, 3.05) is 6.54 Å². The molecule has 1 aromatic heterocycles. The van der Waals surface area contributed by atoms with E-state index in [4.69, 9.17) is 5.10 Å². The summed E-state index contributed by atoms with van der Waals surface area (Å²) >= 11 is 0. The smallest absolute Gasteiger partial charge is 0.258 e. The van der Waals surface area contributed by atoms with Crippen LogP contribution in [0.4, 0.5) is 0 Å². The number of hydrogen-bond acceptors (Lipinski definition) is 2. The van der Waals surface area contributed by atoms with Crippen molar-refractivity contribution in [3.8, 4) is 16.9 Å². The minimum absolute atomic E-state index is 0.0471. The zero-order chi connectivity index (χ0) is 23.7. The number of benzene rings is 3. The van der Waals surface area contributed by atoms with E-state index >= 15 is 0 Å². The highest BCUT2D eigenvalue weighted by Crippen LogP contribution is 2.38. The fourth-order valence-corrected chi connectivity index (χ4v) is 5.27. The molecule has 0 N–H and O–H groups in total. The van der Waals surface area contributed by atoms with Crippen molar-refractivity contribution in [1.29, 1.82) is 0 Å². The van der Waals surface area contributed by atoms with Gasteiger partial charge in [0.2, 0.25) is 0 Å². The van der Waals surface area contributed by atoms with Gasteiger partial charge in [0.25, 0.3) is 5.91 Å². The first-order valence-corrected chi connectivity index (χ1v) is 12.2. The first-order chi connectivity index (χ1) is 16.6. The molecule has 4 nitrogen and oxygen atoms in total. The first-order valence-electron chi connectivity index (χ1n) is 12.2. The van der Waals surface area contributed by atoms with Gasteiger partial charge in [-0.3, -0.25) is 4.79 Å². The Morgan fingerprint density at radius 3 is 2.26 bits per heavy atom. The molecular formula is C30H31N3O. The third kappa shape index (κ3) is 3.83. The van der Waals surface area contributed by atoms with Gasteiger partial charge in [0.1, 0.15) is 5.69 Å². The highest BCUT2D eigenvalue weighted by atomic mass is 16.2. The Labute approximate surface area is 201 Å². The van der Waals surface area contributed by atoms with Crippen LogP contribution in [0, 0.1) is 5.92 Å². The van der Waals surface area contributed by atoms with Crippen LogP contribution in [0.15, 0.2) is 84.9 Å². The van der Waals surface area contributed by atoms with Gasteiger partial charge >= 0.3 is 0 Å². The first kappa shape index (κ1) is 22.1. The van der Waals surface area contributed by atoms with Gasteiger partial charge in [-0.1, -0.05) is 93.6 Å². The van der Waals surface area contributed by atoms with Gasteiger partial charge in [0, 0.05) is 12.1 Å². The van der Waals surface area contributed by atoms with E-state index < -0.39 is 0 Å². The Hall–Kier alpha value is -3.66. The fraction of sp³-hybridized carbons (Fsp3) is 0.267. The Bertz CT molecular complexity index is 1290. The summed E-state index contributed by atoms with van der Waals surface area (Å²) in [4.78, 5) is 16.5. The molecule has 0 radical (unpaired) electrons. The highest BCUT2D eigenvalue weighted by Gasteiger charge is 2.36. The number of aromatic nitrogens is 2. The van der Waals surface area contributed by atoms with Crippen LogP contribution in [0.1, 0.15) is 54.0 Å². The molecule has 1 atom stereocenters. The van der Waals surface area contributed by atoms with Gasteiger partial charge < -0.3 is 4.90 Å². The number of fused-ring (bicyclic) bond motifs is 1. The molecule has 2 heterocycles. The lowest BCUT2D eigenvalue weighted by Gasteiger charge is -2.40. The summed E-state index contributed by atoms with van der Waals surface area (Å²) in [6.07, 6.45) is 1.59. The minimum Gasteiger partial charge on any atom is -0.331 e. The van der Waals surface area contributed by atoms with Crippen molar-refractivity contribution in [1.82, 2.24) is 14.7 Å². The van der Waals surface area contributed by atoms with Crippen molar-refractivity contribution >= 4 is 5.91 Å². The lowest BCUT2D eigenvalue weighted by molar-refractivity contribution is 0.0603. The van der Waals surface area contributed by atoms with Crippen molar-refractivity contribution in [2.45, 2.75) is 39.7 Å². The van der Waals surface area contributed by atoms with Crippen molar-refractivity contribution in [3.63, 3.8) is 0 Å². The SMILES string of the molecule is CCc1c(C(=O)N2CCc3ccccc3C2C(C)C)c(-c2ccccc2)nn1-c1ccccc1. The molecule has 172 valence electrons. The number of nitrogens with zero attached hydrogens (tertiary/aromatic N) is 3. The van der Waals surface area contributed by atoms with E-state index in [0.29, 0.717) is 18.9 Å². The van der Waals surface area contributed by atoms with Gasteiger partial charge in [-0.05, 0) is 42.0 Å². The third-order valence-corrected chi connectivity index (χ3v) is 6.80. The van der Waals surface area contributed by atoms with Crippen molar-refractivity contribution in [2.24, 2.45) is 5.92 Å². The number of amides is 1. The summed E-state index contributed by atoms with van der Waals surface area (Å²) in [5.41, 5.74) is 7.00. The van der Waals surface area contributed by atoms with E-state index in [1.54, 1.807) is 0 Å². The third-order valence-electron chi connectivity index (χ3n) is 6.80. The van der Waals surface area contributed by atoms with Crippen LogP contribution in [0.2, 0.25) is 0 Å². The summed E-state index contributed by atoms with van der Waals surface area (Å²) < 4.78 is 1.96. The van der Waals surface area contributed by atoms with E-state index in [2.05, 4.69) is 49.9 Å². The second kappa shape index (κ2) is 9.30. The Balaban J connectivity index is 1.68. The quantitative estimate of drug-likeness (QED) is 0.349. The average Bonchev–Trinajstić information content (AvgIpc) is 3.28. The minimum atomic E-state index is 0.0471.